The predicted octanol–water partition coefficient (Wildman–Crippen LogP) is 2.19. The van der Waals surface area contributed by atoms with Crippen molar-refractivity contribution < 1.29 is 4.79 Å². The van der Waals surface area contributed by atoms with Gasteiger partial charge >= 0.3 is 0 Å². The van der Waals surface area contributed by atoms with Crippen LogP contribution in [0.3, 0.4) is 0 Å². The Morgan fingerprint density at radius 1 is 1.56 bits per heavy atom. The van der Waals surface area contributed by atoms with Crippen molar-refractivity contribution in [1.29, 1.82) is 0 Å². The van der Waals surface area contributed by atoms with Crippen molar-refractivity contribution in [3.05, 3.63) is 30.0 Å². The lowest BCUT2D eigenvalue weighted by molar-refractivity contribution is -0.109. The molecule has 16 heavy (non-hydrogen) atoms. The fraction of sp³-hybridized carbons (Fsp3) is 0.167. The minimum atomic E-state index is 0.0934. The first-order valence-corrected chi connectivity index (χ1v) is 5.80. The van der Waals surface area contributed by atoms with Gasteiger partial charge in [0.25, 0.3) is 0 Å². The zero-order valence-electron chi connectivity index (χ0n) is 8.78. The lowest BCUT2D eigenvalue weighted by Crippen LogP contribution is -1.82. The Labute approximate surface area is 97.6 Å². The van der Waals surface area contributed by atoms with E-state index >= 15 is 0 Å². The van der Waals surface area contributed by atoms with Crippen LogP contribution in [0.5, 0.6) is 0 Å². The van der Waals surface area contributed by atoms with Gasteiger partial charge in [-0.25, -0.2) is 0 Å². The number of thioether (sulfide) groups is 1. The average molecular weight is 230 g/mol. The van der Waals surface area contributed by atoms with E-state index in [0.717, 1.165) is 16.5 Å². The SMILES string of the molecule is CC(=O)SCC#Cc1cccc2[nH]ncc12. The first kappa shape index (κ1) is 10.8. The van der Waals surface area contributed by atoms with Gasteiger partial charge in [0, 0.05) is 17.9 Å². The van der Waals surface area contributed by atoms with Gasteiger partial charge in [-0.05, 0) is 12.1 Å². The average Bonchev–Trinajstić information content (AvgIpc) is 2.72. The Balaban J connectivity index is 2.20. The molecule has 2 rings (SSSR count). The molecule has 1 N–H and O–H groups in total. The molecule has 0 aliphatic heterocycles. The molecule has 1 aromatic heterocycles. The maximum Gasteiger partial charge on any atom is 0.186 e. The van der Waals surface area contributed by atoms with Crippen LogP contribution in [0.25, 0.3) is 10.9 Å². The summed E-state index contributed by atoms with van der Waals surface area (Å²) in [6.07, 6.45) is 1.76. The van der Waals surface area contributed by atoms with Gasteiger partial charge in [0.05, 0.1) is 17.5 Å². The largest absolute Gasteiger partial charge is 0.288 e. The maximum atomic E-state index is 10.7. The molecule has 0 spiro atoms. The number of benzene rings is 1. The monoisotopic (exact) mass is 230 g/mol. The highest BCUT2D eigenvalue weighted by Crippen LogP contribution is 2.14. The zero-order chi connectivity index (χ0) is 11.4. The van der Waals surface area contributed by atoms with E-state index in [-0.39, 0.29) is 5.12 Å². The number of nitrogens with zero attached hydrogens (tertiary/aromatic N) is 1. The van der Waals surface area contributed by atoms with Gasteiger partial charge in [-0.2, -0.15) is 5.10 Å². The molecule has 4 heteroatoms. The number of rotatable bonds is 1. The first-order valence-electron chi connectivity index (χ1n) is 4.81. The summed E-state index contributed by atoms with van der Waals surface area (Å²) < 4.78 is 0. The molecule has 2 aromatic rings. The van der Waals surface area contributed by atoms with Crippen molar-refractivity contribution in [2.24, 2.45) is 0 Å². The fourth-order valence-corrected chi connectivity index (χ4v) is 1.69. The van der Waals surface area contributed by atoms with Gasteiger partial charge in [0.15, 0.2) is 5.12 Å². The molecular weight excluding hydrogens is 220 g/mol. The van der Waals surface area contributed by atoms with Gasteiger partial charge in [-0.1, -0.05) is 29.7 Å². The lowest BCUT2D eigenvalue weighted by atomic mass is 10.1. The second kappa shape index (κ2) is 4.86. The highest BCUT2D eigenvalue weighted by Gasteiger charge is 1.98. The number of carbonyl (C=O) groups excluding carboxylic acids is 1. The van der Waals surface area contributed by atoms with E-state index in [1.165, 1.54) is 11.8 Å². The summed E-state index contributed by atoms with van der Waals surface area (Å²) in [5.74, 6) is 6.54. The first-order chi connectivity index (χ1) is 7.77. The van der Waals surface area contributed by atoms with Gasteiger partial charge in [-0.3, -0.25) is 9.89 Å². The maximum absolute atomic E-state index is 10.7. The van der Waals surface area contributed by atoms with Crippen LogP contribution in [-0.2, 0) is 4.79 Å². The molecule has 0 saturated carbocycles. The summed E-state index contributed by atoms with van der Waals surface area (Å²) in [5.41, 5.74) is 1.92. The second-order valence-corrected chi connectivity index (χ2v) is 4.37. The Bertz CT molecular complexity index is 577. The molecule has 0 atom stereocenters. The number of aromatic amines is 1. The number of aromatic nitrogens is 2. The molecule has 0 bridgehead atoms. The fourth-order valence-electron chi connectivity index (χ4n) is 1.35. The molecule has 80 valence electrons. The molecule has 0 aliphatic rings. The quantitative estimate of drug-likeness (QED) is 0.764. The van der Waals surface area contributed by atoms with Crippen LogP contribution in [0, 0.1) is 11.8 Å². The number of hydrogen-bond donors (Lipinski definition) is 1. The van der Waals surface area contributed by atoms with Crippen molar-refractivity contribution in [2.45, 2.75) is 6.92 Å². The topological polar surface area (TPSA) is 45.8 Å². The van der Waals surface area contributed by atoms with Crippen LogP contribution in [0.4, 0.5) is 0 Å². The Kier molecular flexibility index (Phi) is 3.28. The van der Waals surface area contributed by atoms with E-state index in [1.807, 2.05) is 18.2 Å². The van der Waals surface area contributed by atoms with Gasteiger partial charge in [0.1, 0.15) is 0 Å². The van der Waals surface area contributed by atoms with E-state index in [1.54, 1.807) is 13.1 Å². The lowest BCUT2D eigenvalue weighted by Gasteiger charge is -1.92. The van der Waals surface area contributed by atoms with Crippen molar-refractivity contribution >= 4 is 27.8 Å². The number of carbonyl (C=O) groups is 1. The highest BCUT2D eigenvalue weighted by atomic mass is 32.2. The number of nitrogens with one attached hydrogen (secondary N) is 1. The van der Waals surface area contributed by atoms with Crippen LogP contribution in [0.1, 0.15) is 12.5 Å². The summed E-state index contributed by atoms with van der Waals surface area (Å²) in [4.78, 5) is 10.7. The minimum Gasteiger partial charge on any atom is -0.288 e. The molecule has 0 amide bonds. The van der Waals surface area contributed by atoms with Crippen molar-refractivity contribution in [3.8, 4) is 11.8 Å². The summed E-state index contributed by atoms with van der Waals surface area (Å²) in [7, 11) is 0. The van der Waals surface area contributed by atoms with E-state index in [2.05, 4.69) is 22.0 Å². The summed E-state index contributed by atoms with van der Waals surface area (Å²) >= 11 is 1.22. The zero-order valence-corrected chi connectivity index (χ0v) is 9.60. The number of H-pyrrole nitrogens is 1. The standard InChI is InChI=1S/C12H10N2OS/c1-9(15)16-7-3-5-10-4-2-6-12-11(10)8-13-14-12/h2,4,6,8H,7H2,1H3,(H,13,14). The third-order valence-electron chi connectivity index (χ3n) is 2.06. The minimum absolute atomic E-state index is 0.0934. The summed E-state index contributed by atoms with van der Waals surface area (Å²) in [6.45, 7) is 1.54. The molecule has 0 saturated heterocycles. The van der Waals surface area contributed by atoms with Crippen molar-refractivity contribution in [2.75, 3.05) is 5.75 Å². The Hall–Kier alpha value is -1.73. The Morgan fingerprint density at radius 3 is 3.25 bits per heavy atom. The van der Waals surface area contributed by atoms with Crippen molar-refractivity contribution in [3.63, 3.8) is 0 Å². The van der Waals surface area contributed by atoms with E-state index < -0.39 is 0 Å². The molecular formula is C12H10N2OS. The van der Waals surface area contributed by atoms with E-state index in [9.17, 15) is 4.79 Å². The molecule has 1 aromatic carbocycles. The Morgan fingerprint density at radius 2 is 2.44 bits per heavy atom. The van der Waals surface area contributed by atoms with Crippen molar-refractivity contribution in [1.82, 2.24) is 10.2 Å². The third kappa shape index (κ3) is 2.44. The normalized spacial score (nSPS) is 9.81. The predicted molar refractivity (Wildman–Crippen MR) is 66.1 cm³/mol. The highest BCUT2D eigenvalue weighted by molar-refractivity contribution is 8.13. The second-order valence-electron chi connectivity index (χ2n) is 3.22. The third-order valence-corrected chi connectivity index (χ3v) is 2.75. The van der Waals surface area contributed by atoms with Crippen LogP contribution in [0.2, 0.25) is 0 Å². The van der Waals surface area contributed by atoms with Gasteiger partial charge in [0.2, 0.25) is 0 Å². The molecule has 0 aliphatic carbocycles. The number of fused-ring (bicyclic) bond motifs is 1. The van der Waals surface area contributed by atoms with Gasteiger partial charge < -0.3 is 0 Å². The van der Waals surface area contributed by atoms with E-state index in [4.69, 9.17) is 0 Å². The molecule has 0 fully saturated rings. The summed E-state index contributed by atoms with van der Waals surface area (Å²) in [5, 5.41) is 7.97. The smallest absolute Gasteiger partial charge is 0.186 e. The molecule has 1 heterocycles. The number of hydrogen-bond acceptors (Lipinski definition) is 3. The van der Waals surface area contributed by atoms with Crippen LogP contribution in [0.15, 0.2) is 24.4 Å². The van der Waals surface area contributed by atoms with Crippen LogP contribution < -0.4 is 0 Å². The molecule has 0 unspecified atom stereocenters. The van der Waals surface area contributed by atoms with E-state index in [0.29, 0.717) is 5.75 Å². The molecule has 3 nitrogen and oxygen atoms in total. The molecule has 0 radical (unpaired) electrons. The van der Waals surface area contributed by atoms with Crippen LogP contribution >= 0.6 is 11.8 Å². The van der Waals surface area contributed by atoms with Gasteiger partial charge in [-0.15, -0.1) is 0 Å². The van der Waals surface area contributed by atoms with Crippen LogP contribution in [-0.4, -0.2) is 21.1 Å². The summed E-state index contributed by atoms with van der Waals surface area (Å²) in [6, 6.07) is 5.84.